The molecule has 1 aromatic heterocycles. The molecule has 1 heterocycles. The standard InChI is InChI=1S/C13H22N4O/c1-4-17(9-12(18)15-3)13(10(2)14)11-6-5-7-16-8-11/h5-8,10,13H,4,9,14H2,1-3H3,(H,15,18). The summed E-state index contributed by atoms with van der Waals surface area (Å²) in [6.45, 7) is 5.07. The summed E-state index contributed by atoms with van der Waals surface area (Å²) in [4.78, 5) is 17.7. The van der Waals surface area contributed by atoms with E-state index in [2.05, 4.69) is 15.2 Å². The fourth-order valence-electron chi connectivity index (χ4n) is 2.07. The number of carbonyl (C=O) groups excluding carboxylic acids is 1. The van der Waals surface area contributed by atoms with Crippen molar-refractivity contribution in [1.29, 1.82) is 0 Å². The van der Waals surface area contributed by atoms with Crippen LogP contribution in [0.15, 0.2) is 24.5 Å². The van der Waals surface area contributed by atoms with Gasteiger partial charge in [0, 0.05) is 25.5 Å². The van der Waals surface area contributed by atoms with E-state index in [9.17, 15) is 4.79 Å². The van der Waals surface area contributed by atoms with Crippen LogP contribution in [-0.2, 0) is 4.79 Å². The molecule has 5 nitrogen and oxygen atoms in total. The number of hydrogen-bond acceptors (Lipinski definition) is 4. The van der Waals surface area contributed by atoms with E-state index >= 15 is 0 Å². The minimum absolute atomic E-state index is 0.000926. The van der Waals surface area contributed by atoms with Gasteiger partial charge >= 0.3 is 0 Å². The van der Waals surface area contributed by atoms with E-state index in [-0.39, 0.29) is 18.0 Å². The lowest BCUT2D eigenvalue weighted by atomic mass is 10.0. The summed E-state index contributed by atoms with van der Waals surface area (Å²) in [5, 5.41) is 2.64. The van der Waals surface area contributed by atoms with E-state index < -0.39 is 0 Å². The van der Waals surface area contributed by atoms with Crippen LogP contribution in [0.4, 0.5) is 0 Å². The summed E-state index contributed by atoms with van der Waals surface area (Å²) in [7, 11) is 1.64. The van der Waals surface area contributed by atoms with Gasteiger partial charge in [-0.25, -0.2) is 0 Å². The predicted molar refractivity (Wildman–Crippen MR) is 71.9 cm³/mol. The Morgan fingerprint density at radius 2 is 2.33 bits per heavy atom. The first-order chi connectivity index (χ1) is 8.60. The molecule has 0 bridgehead atoms. The molecule has 0 aliphatic heterocycles. The van der Waals surface area contributed by atoms with Gasteiger partial charge < -0.3 is 11.1 Å². The fourth-order valence-corrected chi connectivity index (χ4v) is 2.07. The Morgan fingerprint density at radius 1 is 1.61 bits per heavy atom. The molecule has 3 N–H and O–H groups in total. The Labute approximate surface area is 108 Å². The number of likely N-dealkylation sites (N-methyl/N-ethyl adjacent to an activating group) is 2. The second-order valence-corrected chi connectivity index (χ2v) is 4.33. The van der Waals surface area contributed by atoms with Crippen molar-refractivity contribution in [3.05, 3.63) is 30.1 Å². The van der Waals surface area contributed by atoms with Gasteiger partial charge in [-0.05, 0) is 25.1 Å². The van der Waals surface area contributed by atoms with Crippen molar-refractivity contribution < 1.29 is 4.79 Å². The quantitative estimate of drug-likeness (QED) is 0.773. The van der Waals surface area contributed by atoms with Gasteiger partial charge in [-0.1, -0.05) is 13.0 Å². The number of aromatic nitrogens is 1. The summed E-state index contributed by atoms with van der Waals surface area (Å²) >= 11 is 0. The molecule has 0 aliphatic rings. The molecule has 2 unspecified atom stereocenters. The topological polar surface area (TPSA) is 71.2 Å². The number of rotatable bonds is 6. The lowest BCUT2D eigenvalue weighted by molar-refractivity contribution is -0.122. The number of amides is 1. The van der Waals surface area contributed by atoms with Gasteiger partial charge in [-0.15, -0.1) is 0 Å². The maximum Gasteiger partial charge on any atom is 0.233 e. The number of nitrogens with two attached hydrogens (primary N) is 1. The minimum atomic E-state index is -0.0705. The predicted octanol–water partition coefficient (Wildman–Crippen LogP) is 0.538. The highest BCUT2D eigenvalue weighted by molar-refractivity contribution is 5.77. The molecule has 2 atom stereocenters. The highest BCUT2D eigenvalue weighted by Gasteiger charge is 2.24. The molecule has 100 valence electrons. The van der Waals surface area contributed by atoms with Crippen LogP contribution in [0.5, 0.6) is 0 Å². The summed E-state index contributed by atoms with van der Waals surface area (Å²) in [6, 6.07) is 3.81. The fraction of sp³-hybridized carbons (Fsp3) is 0.538. The van der Waals surface area contributed by atoms with Crippen molar-refractivity contribution in [2.24, 2.45) is 5.73 Å². The largest absolute Gasteiger partial charge is 0.358 e. The molecule has 0 aromatic carbocycles. The second-order valence-electron chi connectivity index (χ2n) is 4.33. The molecule has 18 heavy (non-hydrogen) atoms. The van der Waals surface area contributed by atoms with Crippen LogP contribution in [0.3, 0.4) is 0 Å². The van der Waals surface area contributed by atoms with E-state index in [1.165, 1.54) is 0 Å². The summed E-state index contributed by atoms with van der Waals surface area (Å²) in [5.41, 5.74) is 7.10. The van der Waals surface area contributed by atoms with E-state index in [4.69, 9.17) is 5.73 Å². The monoisotopic (exact) mass is 250 g/mol. The zero-order valence-corrected chi connectivity index (χ0v) is 11.3. The third-order valence-corrected chi connectivity index (χ3v) is 2.95. The Morgan fingerprint density at radius 3 is 2.78 bits per heavy atom. The second kappa shape index (κ2) is 7.08. The van der Waals surface area contributed by atoms with Crippen molar-refractivity contribution >= 4 is 5.91 Å². The first kappa shape index (κ1) is 14.6. The smallest absolute Gasteiger partial charge is 0.233 e. The zero-order chi connectivity index (χ0) is 13.5. The maximum absolute atomic E-state index is 11.5. The SMILES string of the molecule is CCN(CC(=O)NC)C(c1cccnc1)C(C)N. The lowest BCUT2D eigenvalue weighted by Crippen LogP contribution is -2.44. The third-order valence-electron chi connectivity index (χ3n) is 2.95. The summed E-state index contributed by atoms with van der Waals surface area (Å²) in [6.07, 6.45) is 3.54. The van der Waals surface area contributed by atoms with Gasteiger partial charge in [-0.2, -0.15) is 0 Å². The first-order valence-corrected chi connectivity index (χ1v) is 6.20. The van der Waals surface area contributed by atoms with Gasteiger partial charge in [0.1, 0.15) is 0 Å². The average molecular weight is 250 g/mol. The van der Waals surface area contributed by atoms with E-state index in [1.807, 2.05) is 26.0 Å². The Bertz CT molecular complexity index is 367. The number of pyridine rings is 1. The highest BCUT2D eigenvalue weighted by atomic mass is 16.1. The van der Waals surface area contributed by atoms with Crippen LogP contribution in [-0.4, -0.2) is 42.0 Å². The number of hydrogen-bond donors (Lipinski definition) is 2. The van der Waals surface area contributed by atoms with Crippen LogP contribution in [0.1, 0.15) is 25.5 Å². The molecule has 0 saturated carbocycles. The van der Waals surface area contributed by atoms with Crippen LogP contribution < -0.4 is 11.1 Å². The van der Waals surface area contributed by atoms with Gasteiger partial charge in [0.25, 0.3) is 0 Å². The van der Waals surface area contributed by atoms with E-state index in [1.54, 1.807) is 19.4 Å². The van der Waals surface area contributed by atoms with Crippen molar-refractivity contribution in [2.45, 2.75) is 25.9 Å². The summed E-state index contributed by atoms with van der Waals surface area (Å²) in [5.74, 6) is -0.00797. The lowest BCUT2D eigenvalue weighted by Gasteiger charge is -2.32. The Kier molecular flexibility index (Phi) is 5.74. The molecule has 1 amide bonds. The van der Waals surface area contributed by atoms with Crippen molar-refractivity contribution in [3.8, 4) is 0 Å². The molecule has 1 aromatic rings. The van der Waals surface area contributed by atoms with Crippen LogP contribution in [0.25, 0.3) is 0 Å². The van der Waals surface area contributed by atoms with Crippen LogP contribution in [0, 0.1) is 0 Å². The van der Waals surface area contributed by atoms with Gasteiger partial charge in [0.15, 0.2) is 0 Å². The van der Waals surface area contributed by atoms with Crippen molar-refractivity contribution in [3.63, 3.8) is 0 Å². The molecular weight excluding hydrogens is 228 g/mol. The molecule has 0 radical (unpaired) electrons. The first-order valence-electron chi connectivity index (χ1n) is 6.20. The number of nitrogens with zero attached hydrogens (tertiary/aromatic N) is 2. The zero-order valence-electron chi connectivity index (χ0n) is 11.3. The number of carbonyl (C=O) groups is 1. The molecule has 1 rings (SSSR count). The summed E-state index contributed by atoms with van der Waals surface area (Å²) < 4.78 is 0. The maximum atomic E-state index is 11.5. The Hall–Kier alpha value is -1.46. The van der Waals surface area contributed by atoms with Crippen molar-refractivity contribution in [1.82, 2.24) is 15.2 Å². The van der Waals surface area contributed by atoms with Gasteiger partial charge in [-0.3, -0.25) is 14.7 Å². The normalized spacial score (nSPS) is 14.3. The highest BCUT2D eigenvalue weighted by Crippen LogP contribution is 2.22. The minimum Gasteiger partial charge on any atom is -0.358 e. The molecule has 0 saturated heterocycles. The third kappa shape index (κ3) is 3.78. The molecule has 0 aliphatic carbocycles. The molecule has 0 fully saturated rings. The van der Waals surface area contributed by atoms with Crippen LogP contribution in [0.2, 0.25) is 0 Å². The molecular formula is C13H22N4O. The molecule has 5 heteroatoms. The molecule has 0 spiro atoms. The number of nitrogens with one attached hydrogen (secondary N) is 1. The Balaban J connectivity index is 2.92. The average Bonchev–Trinajstić information content (AvgIpc) is 2.38. The van der Waals surface area contributed by atoms with E-state index in [0.717, 1.165) is 12.1 Å². The van der Waals surface area contributed by atoms with Crippen molar-refractivity contribution in [2.75, 3.05) is 20.1 Å². The van der Waals surface area contributed by atoms with Crippen LogP contribution >= 0.6 is 0 Å². The van der Waals surface area contributed by atoms with Gasteiger partial charge in [0.05, 0.1) is 12.6 Å². The van der Waals surface area contributed by atoms with Gasteiger partial charge in [0.2, 0.25) is 5.91 Å². The van der Waals surface area contributed by atoms with E-state index in [0.29, 0.717) is 6.54 Å².